The van der Waals surface area contributed by atoms with Gasteiger partial charge in [0.1, 0.15) is 5.54 Å². The largest absolute Gasteiger partial charge is 0.273 e. The van der Waals surface area contributed by atoms with Crippen LogP contribution in [0.4, 0.5) is 0 Å². The van der Waals surface area contributed by atoms with E-state index in [0.29, 0.717) is 13.1 Å². The first-order valence-corrected chi connectivity index (χ1v) is 5.89. The number of benzene rings is 1. The van der Waals surface area contributed by atoms with Gasteiger partial charge in [0.2, 0.25) is 0 Å². The minimum atomic E-state index is -0.621. The molecule has 0 fully saturated rings. The molecular weight excluding hydrogens is 218 g/mol. The van der Waals surface area contributed by atoms with Gasteiger partial charge in [0.25, 0.3) is 0 Å². The molecule has 0 aliphatic rings. The molecule has 0 saturated heterocycles. The van der Waals surface area contributed by atoms with Crippen molar-refractivity contribution in [3.63, 3.8) is 0 Å². The second kappa shape index (κ2) is 6.64. The Labute approximate surface area is 110 Å². The highest BCUT2D eigenvalue weighted by molar-refractivity contribution is 5.39. The zero-order valence-electron chi connectivity index (χ0n) is 10.7. The normalized spacial score (nSPS) is 13.3. The van der Waals surface area contributed by atoms with Gasteiger partial charge in [-0.15, -0.1) is 19.6 Å². The van der Waals surface area contributed by atoms with E-state index in [1.165, 1.54) is 0 Å². The summed E-state index contributed by atoms with van der Waals surface area (Å²) in [6, 6.07) is 9.95. The van der Waals surface area contributed by atoms with Gasteiger partial charge in [0, 0.05) is 13.1 Å². The topological polar surface area (TPSA) is 3.24 Å². The van der Waals surface area contributed by atoms with E-state index < -0.39 is 5.54 Å². The fourth-order valence-electron chi connectivity index (χ4n) is 2.03. The molecule has 0 bridgehead atoms. The Hall–Kier alpha value is -2.04. The van der Waals surface area contributed by atoms with E-state index >= 15 is 0 Å². The summed E-state index contributed by atoms with van der Waals surface area (Å²) in [5, 5.41) is 0. The van der Waals surface area contributed by atoms with Crippen LogP contribution in [0.5, 0.6) is 0 Å². The molecule has 0 aliphatic heterocycles. The molecule has 1 aromatic carbocycles. The number of rotatable bonds is 7. The van der Waals surface area contributed by atoms with Crippen LogP contribution in [0.3, 0.4) is 0 Å². The van der Waals surface area contributed by atoms with E-state index in [4.69, 9.17) is 6.42 Å². The summed E-state index contributed by atoms with van der Waals surface area (Å²) in [6.45, 7) is 12.8. The average molecular weight is 237 g/mol. The van der Waals surface area contributed by atoms with Crippen molar-refractivity contribution < 1.29 is 0 Å². The zero-order valence-corrected chi connectivity index (χ0v) is 10.7. The lowest BCUT2D eigenvalue weighted by atomic mass is 9.88. The van der Waals surface area contributed by atoms with Crippen LogP contribution in [0.2, 0.25) is 0 Å². The van der Waals surface area contributed by atoms with Gasteiger partial charge in [-0.2, -0.15) is 0 Å². The number of hydrogen-bond donors (Lipinski definition) is 0. The van der Waals surface area contributed by atoms with Gasteiger partial charge >= 0.3 is 0 Å². The fraction of sp³-hybridized carbons (Fsp3) is 0.176. The Balaban J connectivity index is 3.29. The van der Waals surface area contributed by atoms with E-state index in [1.54, 1.807) is 6.08 Å². The van der Waals surface area contributed by atoms with Crippen molar-refractivity contribution in [1.82, 2.24) is 4.90 Å². The maximum Gasteiger partial charge on any atom is 0.127 e. The van der Waals surface area contributed by atoms with Gasteiger partial charge < -0.3 is 0 Å². The summed E-state index contributed by atoms with van der Waals surface area (Å²) >= 11 is 0. The van der Waals surface area contributed by atoms with Crippen molar-refractivity contribution >= 4 is 0 Å². The van der Waals surface area contributed by atoms with Gasteiger partial charge in [-0.3, -0.25) is 4.90 Å². The van der Waals surface area contributed by atoms with E-state index in [1.807, 2.05) is 42.5 Å². The summed E-state index contributed by atoms with van der Waals surface area (Å²) in [5.74, 6) is 2.86. The summed E-state index contributed by atoms with van der Waals surface area (Å²) < 4.78 is 0. The van der Waals surface area contributed by atoms with Gasteiger partial charge in [-0.25, -0.2) is 0 Å². The van der Waals surface area contributed by atoms with Crippen molar-refractivity contribution in [3.05, 3.63) is 73.9 Å². The van der Waals surface area contributed by atoms with Gasteiger partial charge in [0.15, 0.2) is 0 Å². The molecule has 1 aromatic rings. The Morgan fingerprint density at radius 2 is 1.67 bits per heavy atom. The molecule has 1 rings (SSSR count). The lowest BCUT2D eigenvalue weighted by molar-refractivity contribution is 0.223. The predicted octanol–water partition coefficient (Wildman–Crippen LogP) is 3.38. The Bertz CT molecular complexity index is 442. The first-order valence-electron chi connectivity index (χ1n) is 5.89. The van der Waals surface area contributed by atoms with E-state index in [-0.39, 0.29) is 0 Å². The van der Waals surface area contributed by atoms with Crippen molar-refractivity contribution in [1.29, 1.82) is 0 Å². The van der Waals surface area contributed by atoms with Crippen LogP contribution in [-0.2, 0) is 5.54 Å². The molecule has 1 atom stereocenters. The molecule has 0 radical (unpaired) electrons. The fourth-order valence-corrected chi connectivity index (χ4v) is 2.03. The number of nitrogens with zero attached hydrogens (tertiary/aromatic N) is 1. The molecule has 0 N–H and O–H groups in total. The second-order valence-corrected chi connectivity index (χ2v) is 3.96. The van der Waals surface area contributed by atoms with Crippen LogP contribution in [0, 0.1) is 12.3 Å². The second-order valence-electron chi connectivity index (χ2n) is 3.96. The molecule has 1 unspecified atom stereocenters. The third-order valence-corrected chi connectivity index (χ3v) is 2.93. The Kier molecular flexibility index (Phi) is 5.17. The quantitative estimate of drug-likeness (QED) is 0.519. The average Bonchev–Trinajstić information content (AvgIpc) is 2.42. The minimum absolute atomic E-state index is 0.621. The maximum atomic E-state index is 5.78. The lowest BCUT2D eigenvalue weighted by Gasteiger charge is -2.37. The number of hydrogen-bond acceptors (Lipinski definition) is 1. The number of terminal acetylenes is 1. The Morgan fingerprint density at radius 3 is 2.06 bits per heavy atom. The molecule has 0 amide bonds. The molecule has 0 saturated carbocycles. The molecular formula is C17H19N. The van der Waals surface area contributed by atoms with Crippen molar-refractivity contribution in [2.75, 3.05) is 13.1 Å². The third-order valence-electron chi connectivity index (χ3n) is 2.93. The van der Waals surface area contributed by atoms with Crippen LogP contribution in [0.15, 0.2) is 68.3 Å². The van der Waals surface area contributed by atoms with Crippen molar-refractivity contribution in [2.45, 2.75) is 5.54 Å². The van der Waals surface area contributed by atoms with Crippen LogP contribution < -0.4 is 0 Å². The van der Waals surface area contributed by atoms with Crippen LogP contribution in [0.1, 0.15) is 5.56 Å². The minimum Gasteiger partial charge on any atom is -0.273 e. The molecule has 92 valence electrons. The maximum absolute atomic E-state index is 5.78. The summed E-state index contributed by atoms with van der Waals surface area (Å²) in [5.41, 5.74) is 0.412. The van der Waals surface area contributed by atoms with Crippen LogP contribution >= 0.6 is 0 Å². The summed E-state index contributed by atoms with van der Waals surface area (Å²) in [4.78, 5) is 2.11. The summed E-state index contributed by atoms with van der Waals surface area (Å²) in [7, 11) is 0. The highest BCUT2D eigenvalue weighted by Gasteiger charge is 2.32. The van der Waals surface area contributed by atoms with Crippen LogP contribution in [-0.4, -0.2) is 18.0 Å². The third kappa shape index (κ3) is 2.61. The van der Waals surface area contributed by atoms with Crippen LogP contribution in [0.25, 0.3) is 0 Å². The predicted molar refractivity (Wildman–Crippen MR) is 79.1 cm³/mol. The molecule has 0 spiro atoms. The van der Waals surface area contributed by atoms with Gasteiger partial charge in [0.05, 0.1) is 0 Å². The SMILES string of the molecule is C#CC(C=C)(c1ccccc1)N(CC=C)CC=C. The van der Waals surface area contributed by atoms with Gasteiger partial charge in [-0.05, 0) is 5.56 Å². The molecule has 0 aromatic heterocycles. The zero-order chi connectivity index (χ0) is 13.4. The van der Waals surface area contributed by atoms with E-state index in [2.05, 4.69) is 30.6 Å². The Morgan fingerprint density at radius 1 is 1.11 bits per heavy atom. The van der Waals surface area contributed by atoms with Crippen molar-refractivity contribution in [2.24, 2.45) is 0 Å². The van der Waals surface area contributed by atoms with Crippen molar-refractivity contribution in [3.8, 4) is 12.3 Å². The molecule has 18 heavy (non-hydrogen) atoms. The molecule has 0 aliphatic carbocycles. The standard InChI is InChI=1S/C17H19N/c1-5-14-18(15-6-2)17(7-3,8-4)16-12-10-9-11-13-16/h3,5-6,8-13H,1-2,4,14-15H2. The van der Waals surface area contributed by atoms with E-state index in [0.717, 1.165) is 5.56 Å². The van der Waals surface area contributed by atoms with Gasteiger partial charge in [-0.1, -0.05) is 61.1 Å². The monoisotopic (exact) mass is 237 g/mol. The molecule has 0 heterocycles. The summed E-state index contributed by atoms with van der Waals surface area (Å²) in [6.07, 6.45) is 11.3. The highest BCUT2D eigenvalue weighted by atomic mass is 15.2. The lowest BCUT2D eigenvalue weighted by Crippen LogP contribution is -2.43. The van der Waals surface area contributed by atoms with E-state index in [9.17, 15) is 0 Å². The highest BCUT2D eigenvalue weighted by Crippen LogP contribution is 2.29. The first kappa shape index (κ1) is 14.0. The smallest absolute Gasteiger partial charge is 0.127 e. The molecule has 1 nitrogen and oxygen atoms in total. The molecule has 1 heteroatoms. The first-order chi connectivity index (χ1) is 8.75.